The first-order valence-corrected chi connectivity index (χ1v) is 6.70. The normalized spacial score (nSPS) is 34.7. The van der Waals surface area contributed by atoms with E-state index < -0.39 is 11.8 Å². The maximum atomic E-state index is 11.9. The molecule has 3 rings (SSSR count). The minimum absolute atomic E-state index is 0.144. The Kier molecular flexibility index (Phi) is 2.43. The molecule has 2 atom stereocenters. The van der Waals surface area contributed by atoms with E-state index in [4.69, 9.17) is 0 Å². The molecule has 0 radical (unpaired) electrons. The minimum atomic E-state index is -0.405. The SMILES string of the molecule is CC1(C)CCCC2=C1C[C@@H]1C(=O)N(O)C(=O)[C@@H]1C2. The van der Waals surface area contributed by atoms with Gasteiger partial charge in [0.2, 0.25) is 0 Å². The second-order valence-electron chi connectivity index (χ2n) is 6.43. The van der Waals surface area contributed by atoms with Crippen LogP contribution >= 0.6 is 0 Å². The van der Waals surface area contributed by atoms with Crippen molar-refractivity contribution < 1.29 is 14.8 Å². The molecule has 1 fully saturated rings. The van der Waals surface area contributed by atoms with Gasteiger partial charge in [0.15, 0.2) is 0 Å². The van der Waals surface area contributed by atoms with Gasteiger partial charge in [0.25, 0.3) is 11.8 Å². The average molecular weight is 249 g/mol. The fourth-order valence-electron chi connectivity index (χ4n) is 3.88. The van der Waals surface area contributed by atoms with Gasteiger partial charge in [-0.05, 0) is 37.5 Å². The Morgan fingerprint density at radius 1 is 1.17 bits per heavy atom. The van der Waals surface area contributed by atoms with E-state index in [-0.39, 0.29) is 17.3 Å². The Morgan fingerprint density at radius 3 is 2.44 bits per heavy atom. The van der Waals surface area contributed by atoms with Crippen molar-refractivity contribution in [2.75, 3.05) is 0 Å². The van der Waals surface area contributed by atoms with E-state index in [9.17, 15) is 14.8 Å². The number of hydroxylamine groups is 2. The fraction of sp³-hybridized carbons (Fsp3) is 0.714. The van der Waals surface area contributed by atoms with E-state index in [0.29, 0.717) is 17.9 Å². The molecule has 98 valence electrons. The van der Waals surface area contributed by atoms with Gasteiger partial charge in [0.05, 0.1) is 11.8 Å². The quantitative estimate of drug-likeness (QED) is 0.407. The number of carbonyl (C=O) groups excluding carboxylic acids is 2. The van der Waals surface area contributed by atoms with Crippen LogP contribution in [0.1, 0.15) is 46.0 Å². The van der Waals surface area contributed by atoms with Gasteiger partial charge in [-0.15, -0.1) is 0 Å². The van der Waals surface area contributed by atoms with Crippen LogP contribution in [0.5, 0.6) is 0 Å². The lowest BCUT2D eigenvalue weighted by Crippen LogP contribution is -2.31. The zero-order chi connectivity index (χ0) is 13.1. The van der Waals surface area contributed by atoms with Crippen molar-refractivity contribution in [2.24, 2.45) is 17.3 Å². The third-order valence-corrected chi connectivity index (χ3v) is 4.95. The molecule has 2 aliphatic carbocycles. The van der Waals surface area contributed by atoms with Gasteiger partial charge >= 0.3 is 0 Å². The molecule has 0 unspecified atom stereocenters. The van der Waals surface area contributed by atoms with Gasteiger partial charge in [0.1, 0.15) is 0 Å². The molecule has 2 amide bonds. The predicted molar refractivity (Wildman–Crippen MR) is 64.5 cm³/mol. The summed E-state index contributed by atoms with van der Waals surface area (Å²) in [4.78, 5) is 23.7. The molecule has 4 heteroatoms. The number of rotatable bonds is 0. The highest BCUT2D eigenvalue weighted by molar-refractivity contribution is 6.04. The van der Waals surface area contributed by atoms with Crippen LogP contribution in [0.3, 0.4) is 0 Å². The molecule has 0 bridgehead atoms. The summed E-state index contributed by atoms with van der Waals surface area (Å²) in [6.07, 6.45) is 4.69. The van der Waals surface area contributed by atoms with Crippen molar-refractivity contribution in [1.82, 2.24) is 5.06 Å². The molecule has 1 aliphatic heterocycles. The molecule has 0 aromatic heterocycles. The lowest BCUT2D eigenvalue weighted by molar-refractivity contribution is -0.173. The first-order chi connectivity index (χ1) is 8.42. The van der Waals surface area contributed by atoms with Crippen LogP contribution in [0.2, 0.25) is 0 Å². The first-order valence-electron chi connectivity index (χ1n) is 6.70. The molecule has 0 aromatic carbocycles. The predicted octanol–water partition coefficient (Wildman–Crippen LogP) is 2.28. The third kappa shape index (κ3) is 1.48. The summed E-state index contributed by atoms with van der Waals surface area (Å²) in [7, 11) is 0. The summed E-state index contributed by atoms with van der Waals surface area (Å²) >= 11 is 0. The molecule has 0 aromatic rings. The highest BCUT2D eigenvalue weighted by atomic mass is 16.5. The van der Waals surface area contributed by atoms with Crippen LogP contribution in [-0.2, 0) is 9.59 Å². The van der Waals surface area contributed by atoms with Crippen LogP contribution < -0.4 is 0 Å². The van der Waals surface area contributed by atoms with Crippen LogP contribution in [-0.4, -0.2) is 22.1 Å². The zero-order valence-corrected chi connectivity index (χ0v) is 10.9. The molecule has 1 saturated heterocycles. The monoisotopic (exact) mass is 249 g/mol. The molecule has 4 nitrogen and oxygen atoms in total. The summed E-state index contributed by atoms with van der Waals surface area (Å²) in [5.74, 6) is -1.44. The van der Waals surface area contributed by atoms with E-state index in [0.717, 1.165) is 19.3 Å². The number of hydrogen-bond acceptors (Lipinski definition) is 3. The van der Waals surface area contributed by atoms with Gasteiger partial charge in [-0.25, -0.2) is 0 Å². The largest absolute Gasteiger partial charge is 0.278 e. The van der Waals surface area contributed by atoms with E-state index in [1.165, 1.54) is 11.1 Å². The van der Waals surface area contributed by atoms with Crippen LogP contribution in [0.4, 0.5) is 0 Å². The zero-order valence-electron chi connectivity index (χ0n) is 10.9. The summed E-state index contributed by atoms with van der Waals surface area (Å²) in [5.41, 5.74) is 2.88. The topological polar surface area (TPSA) is 57.6 Å². The number of amides is 2. The Balaban J connectivity index is 1.98. The lowest BCUT2D eigenvalue weighted by Gasteiger charge is -2.40. The van der Waals surface area contributed by atoms with Crippen LogP contribution in [0.15, 0.2) is 11.1 Å². The van der Waals surface area contributed by atoms with E-state index in [1.807, 2.05) is 0 Å². The summed E-state index contributed by atoms with van der Waals surface area (Å²) in [6.45, 7) is 4.44. The van der Waals surface area contributed by atoms with E-state index in [2.05, 4.69) is 13.8 Å². The van der Waals surface area contributed by atoms with Gasteiger partial charge in [0, 0.05) is 0 Å². The Labute approximate surface area is 107 Å². The maximum Gasteiger partial charge on any atom is 0.257 e. The van der Waals surface area contributed by atoms with Crippen molar-refractivity contribution in [3.05, 3.63) is 11.1 Å². The van der Waals surface area contributed by atoms with E-state index >= 15 is 0 Å². The summed E-state index contributed by atoms with van der Waals surface area (Å²) in [6, 6.07) is 0. The first kappa shape index (κ1) is 11.9. The number of fused-ring (bicyclic) bond motifs is 1. The molecular formula is C14H19NO3. The molecule has 0 saturated carbocycles. The Hall–Kier alpha value is -1.16. The lowest BCUT2D eigenvalue weighted by atomic mass is 9.63. The van der Waals surface area contributed by atoms with Crippen LogP contribution in [0, 0.1) is 17.3 Å². The highest BCUT2D eigenvalue weighted by Gasteiger charge is 2.51. The second kappa shape index (κ2) is 3.67. The smallest absolute Gasteiger partial charge is 0.257 e. The van der Waals surface area contributed by atoms with Crippen molar-refractivity contribution >= 4 is 11.8 Å². The Bertz CT molecular complexity index is 464. The number of carbonyl (C=O) groups is 2. The van der Waals surface area contributed by atoms with Gasteiger partial charge in [-0.1, -0.05) is 25.0 Å². The number of nitrogens with zero attached hydrogens (tertiary/aromatic N) is 1. The minimum Gasteiger partial charge on any atom is -0.278 e. The maximum absolute atomic E-state index is 11.9. The number of hydrogen-bond donors (Lipinski definition) is 1. The van der Waals surface area contributed by atoms with Gasteiger partial charge < -0.3 is 0 Å². The van der Waals surface area contributed by atoms with Crippen LogP contribution in [0.25, 0.3) is 0 Å². The summed E-state index contributed by atoms with van der Waals surface area (Å²) in [5, 5.41) is 9.82. The fourth-order valence-corrected chi connectivity index (χ4v) is 3.88. The highest BCUT2D eigenvalue weighted by Crippen LogP contribution is 2.51. The third-order valence-electron chi connectivity index (χ3n) is 4.95. The van der Waals surface area contributed by atoms with Crippen molar-refractivity contribution in [1.29, 1.82) is 0 Å². The molecule has 0 spiro atoms. The molecule has 1 N–H and O–H groups in total. The van der Waals surface area contributed by atoms with E-state index in [1.54, 1.807) is 0 Å². The summed E-state index contributed by atoms with van der Waals surface area (Å²) < 4.78 is 0. The molecule has 3 aliphatic rings. The number of imide groups is 1. The van der Waals surface area contributed by atoms with Gasteiger partial charge in [-0.2, -0.15) is 5.06 Å². The second-order valence-corrected chi connectivity index (χ2v) is 6.43. The molecule has 1 heterocycles. The average Bonchev–Trinajstić information content (AvgIpc) is 2.53. The Morgan fingerprint density at radius 2 is 1.78 bits per heavy atom. The van der Waals surface area contributed by atoms with Crippen molar-refractivity contribution in [3.8, 4) is 0 Å². The van der Waals surface area contributed by atoms with Gasteiger partial charge in [-0.3, -0.25) is 14.8 Å². The number of allylic oxidation sites excluding steroid dienone is 2. The van der Waals surface area contributed by atoms with Crippen molar-refractivity contribution in [3.63, 3.8) is 0 Å². The standard InChI is InChI=1S/C14H19NO3/c1-14(2)5-3-4-8-6-9-10(7-11(8)14)13(17)15(18)12(9)16/h9-10,18H,3-7H2,1-2H3/t9-,10+/m1/s1. The molecular weight excluding hydrogens is 230 g/mol. The van der Waals surface area contributed by atoms with Crippen molar-refractivity contribution in [2.45, 2.75) is 46.0 Å². The molecule has 18 heavy (non-hydrogen) atoms.